The van der Waals surface area contributed by atoms with Crippen molar-refractivity contribution in [2.75, 3.05) is 75.2 Å². The van der Waals surface area contributed by atoms with Gasteiger partial charge in [0.1, 0.15) is 0 Å². The number of nitrogens with zero attached hydrogens (tertiary/aromatic N) is 2. The molecule has 4 aromatic rings. The third-order valence-corrected chi connectivity index (χ3v) is 13.0. The maximum atomic E-state index is 5.93. The zero-order chi connectivity index (χ0) is 46.4. The number of hydrogen-bond acceptors (Lipinski definition) is 6. The number of rotatable bonds is 12. The number of piperidine rings is 2. The zero-order valence-corrected chi connectivity index (χ0v) is 42.2. The predicted molar refractivity (Wildman–Crippen MR) is 285 cm³/mol. The van der Waals surface area contributed by atoms with E-state index in [4.69, 9.17) is 5.73 Å². The maximum Gasteiger partial charge on any atom is 0.0367 e. The molecule has 356 valence electrons. The minimum atomic E-state index is 0.409. The second-order valence-electron chi connectivity index (χ2n) is 20.9. The van der Waals surface area contributed by atoms with Gasteiger partial charge in [-0.3, -0.25) is 0 Å². The first kappa shape index (κ1) is 52.0. The van der Waals surface area contributed by atoms with Crippen LogP contribution in [0.3, 0.4) is 0 Å². The smallest absolute Gasteiger partial charge is 0.0367 e. The topological polar surface area (TPSA) is 68.6 Å². The summed E-state index contributed by atoms with van der Waals surface area (Å²) in [7, 11) is 0. The van der Waals surface area contributed by atoms with Crippen molar-refractivity contribution >= 4 is 16.9 Å². The molecule has 4 aliphatic rings. The molecular formula is C59H90N6. The maximum absolute atomic E-state index is 5.93. The van der Waals surface area contributed by atoms with Crippen molar-refractivity contribution in [1.82, 2.24) is 16.0 Å². The summed E-state index contributed by atoms with van der Waals surface area (Å²) in [5.41, 5.74) is 18.9. The van der Waals surface area contributed by atoms with E-state index in [0.717, 1.165) is 101 Å². The van der Waals surface area contributed by atoms with Crippen LogP contribution in [0.25, 0.3) is 5.57 Å². The van der Waals surface area contributed by atoms with Gasteiger partial charge in [0.05, 0.1) is 0 Å². The van der Waals surface area contributed by atoms with E-state index in [1.807, 2.05) is 0 Å². The molecule has 0 aliphatic carbocycles. The van der Waals surface area contributed by atoms with Gasteiger partial charge in [-0.2, -0.15) is 0 Å². The highest BCUT2D eigenvalue weighted by atomic mass is 15.2. The molecule has 65 heavy (non-hydrogen) atoms. The lowest BCUT2D eigenvalue weighted by Crippen LogP contribution is -2.43. The lowest BCUT2D eigenvalue weighted by molar-refractivity contribution is 0.460. The van der Waals surface area contributed by atoms with Crippen molar-refractivity contribution in [2.45, 2.75) is 125 Å². The van der Waals surface area contributed by atoms with Gasteiger partial charge in [-0.25, -0.2) is 0 Å². The Bertz CT molecular complexity index is 1810. The summed E-state index contributed by atoms with van der Waals surface area (Å²) < 4.78 is 0. The van der Waals surface area contributed by atoms with E-state index in [9.17, 15) is 0 Å². The van der Waals surface area contributed by atoms with Crippen LogP contribution in [0.4, 0.5) is 11.4 Å². The number of anilines is 2. The Labute approximate surface area is 397 Å². The molecule has 3 saturated heterocycles. The lowest BCUT2D eigenvalue weighted by atomic mass is 9.89. The fourth-order valence-electron chi connectivity index (χ4n) is 9.47. The standard InChI is InChI=1S/C15H24N2.C15H23N.C15H21N.C14H22N2/c1-12(2)11-13-3-5-15(6-4-13)17-9-7-14(16)8-10-17;2*1-12(2)11-13-3-5-14(6-4-13)15-7-9-16-10-8-15;1-12(2)11-13-3-5-14(6-4-13)16-9-7-15-8-10-16/h3-6,12,14H,7-11,16H2,1-2H3;3-6,12,15-16H,7-11H2,1-2H3;3-7,12,16H,8-11H2,1-2H3;3-6,12,15H,7-11H2,1-2H3. The van der Waals surface area contributed by atoms with Gasteiger partial charge in [-0.05, 0) is 170 Å². The van der Waals surface area contributed by atoms with Gasteiger partial charge < -0.3 is 31.5 Å². The SMILES string of the molecule is CC(C)Cc1ccc(C2=CCNCC2)cc1.CC(C)Cc1ccc(C2CCNCC2)cc1.CC(C)Cc1ccc(N2CCC(N)CC2)cc1.CC(C)Cc1ccc(N2CCNCC2)cc1. The molecule has 3 fully saturated rings. The molecule has 4 aromatic carbocycles. The van der Waals surface area contributed by atoms with Crippen molar-refractivity contribution in [3.05, 3.63) is 137 Å². The summed E-state index contributed by atoms with van der Waals surface area (Å²) in [6.45, 7) is 29.3. The summed E-state index contributed by atoms with van der Waals surface area (Å²) in [6, 6.07) is 37.0. The molecule has 0 saturated carbocycles. The van der Waals surface area contributed by atoms with Gasteiger partial charge in [0, 0.05) is 63.2 Å². The Morgan fingerprint density at radius 3 is 1.28 bits per heavy atom. The molecule has 0 atom stereocenters. The van der Waals surface area contributed by atoms with Gasteiger partial charge >= 0.3 is 0 Å². The third kappa shape index (κ3) is 19.4. The van der Waals surface area contributed by atoms with E-state index in [0.29, 0.717) is 6.04 Å². The summed E-state index contributed by atoms with van der Waals surface area (Å²) in [6.07, 6.45) is 13.0. The molecule has 6 heteroatoms. The zero-order valence-electron chi connectivity index (χ0n) is 42.2. The second-order valence-corrected chi connectivity index (χ2v) is 20.9. The number of hydrogen-bond donors (Lipinski definition) is 4. The Morgan fingerprint density at radius 1 is 0.462 bits per heavy atom. The first-order valence-corrected chi connectivity index (χ1v) is 25.8. The first-order chi connectivity index (χ1) is 31.4. The van der Waals surface area contributed by atoms with Crippen LogP contribution >= 0.6 is 0 Å². The van der Waals surface area contributed by atoms with Crippen LogP contribution in [-0.2, 0) is 25.7 Å². The van der Waals surface area contributed by atoms with Gasteiger partial charge in [-0.1, -0.05) is 134 Å². The summed E-state index contributed by atoms with van der Waals surface area (Å²) >= 11 is 0. The van der Waals surface area contributed by atoms with E-state index in [2.05, 4.69) is 184 Å². The molecule has 0 aromatic heterocycles. The number of piperazine rings is 1. The molecule has 5 N–H and O–H groups in total. The molecule has 4 aliphatic heterocycles. The quantitative estimate of drug-likeness (QED) is 0.114. The monoisotopic (exact) mass is 883 g/mol. The summed E-state index contributed by atoms with van der Waals surface area (Å²) in [5.74, 6) is 3.75. The lowest BCUT2D eigenvalue weighted by Gasteiger charge is -2.32. The molecule has 4 heterocycles. The van der Waals surface area contributed by atoms with Gasteiger partial charge in [0.15, 0.2) is 0 Å². The van der Waals surface area contributed by atoms with E-state index < -0.39 is 0 Å². The van der Waals surface area contributed by atoms with Crippen LogP contribution in [0.5, 0.6) is 0 Å². The second kappa shape index (κ2) is 28.3. The van der Waals surface area contributed by atoms with Gasteiger partial charge in [-0.15, -0.1) is 0 Å². The van der Waals surface area contributed by atoms with Crippen LogP contribution in [-0.4, -0.2) is 71.5 Å². The average molecular weight is 883 g/mol. The van der Waals surface area contributed by atoms with Crippen LogP contribution < -0.4 is 31.5 Å². The molecular weight excluding hydrogens is 793 g/mol. The highest BCUT2D eigenvalue weighted by Gasteiger charge is 2.17. The van der Waals surface area contributed by atoms with E-state index in [1.165, 1.54) is 102 Å². The van der Waals surface area contributed by atoms with Crippen molar-refractivity contribution in [1.29, 1.82) is 0 Å². The van der Waals surface area contributed by atoms with Crippen molar-refractivity contribution in [3.8, 4) is 0 Å². The van der Waals surface area contributed by atoms with Crippen molar-refractivity contribution in [2.24, 2.45) is 29.4 Å². The molecule has 0 amide bonds. The highest BCUT2D eigenvalue weighted by molar-refractivity contribution is 5.66. The molecule has 0 bridgehead atoms. The van der Waals surface area contributed by atoms with Crippen molar-refractivity contribution in [3.63, 3.8) is 0 Å². The van der Waals surface area contributed by atoms with Crippen LogP contribution in [0.15, 0.2) is 103 Å². The molecule has 6 nitrogen and oxygen atoms in total. The Hall–Kier alpha value is -3.94. The molecule has 0 spiro atoms. The van der Waals surface area contributed by atoms with Gasteiger partial charge in [0.2, 0.25) is 0 Å². The number of benzene rings is 4. The Morgan fingerprint density at radius 2 is 0.862 bits per heavy atom. The number of nitrogens with two attached hydrogens (primary N) is 1. The van der Waals surface area contributed by atoms with Crippen LogP contribution in [0.1, 0.15) is 127 Å². The number of nitrogens with one attached hydrogen (secondary N) is 3. The molecule has 0 unspecified atom stereocenters. The minimum absolute atomic E-state index is 0.409. The predicted octanol–water partition coefficient (Wildman–Crippen LogP) is 11.7. The first-order valence-electron chi connectivity index (χ1n) is 25.8. The highest BCUT2D eigenvalue weighted by Crippen LogP contribution is 2.26. The fraction of sp³-hybridized carbons (Fsp3) is 0.559. The summed E-state index contributed by atoms with van der Waals surface area (Å²) in [5, 5.41) is 10.1. The largest absolute Gasteiger partial charge is 0.371 e. The van der Waals surface area contributed by atoms with Crippen LogP contribution in [0, 0.1) is 23.7 Å². The van der Waals surface area contributed by atoms with E-state index in [1.54, 1.807) is 0 Å². The third-order valence-electron chi connectivity index (χ3n) is 13.0. The Balaban J connectivity index is 0.000000163. The van der Waals surface area contributed by atoms with Crippen LogP contribution in [0.2, 0.25) is 0 Å². The van der Waals surface area contributed by atoms with Crippen molar-refractivity contribution < 1.29 is 0 Å². The minimum Gasteiger partial charge on any atom is -0.371 e. The Kier molecular flexibility index (Phi) is 22.6. The van der Waals surface area contributed by atoms with Gasteiger partial charge in [0.25, 0.3) is 0 Å². The molecule has 8 rings (SSSR count). The fourth-order valence-corrected chi connectivity index (χ4v) is 9.47. The van der Waals surface area contributed by atoms with E-state index in [-0.39, 0.29) is 0 Å². The normalized spacial score (nSPS) is 17.2. The molecule has 0 radical (unpaired) electrons. The average Bonchev–Trinajstić information content (AvgIpc) is 3.31. The van der Waals surface area contributed by atoms with E-state index >= 15 is 0 Å². The summed E-state index contributed by atoms with van der Waals surface area (Å²) in [4.78, 5) is 4.90.